The second-order valence-corrected chi connectivity index (χ2v) is 11.9. The number of thiophene rings is 4. The SMILES string of the molecule is Brc1cc(C=Cc2ccc(-c3ccc(-c4cccs4)s3)s2)c(Br)s1. The Balaban J connectivity index is 1.56. The number of hydrogen-bond donors (Lipinski definition) is 0. The van der Waals surface area contributed by atoms with Gasteiger partial charge in [0.25, 0.3) is 0 Å². The fraction of sp³-hybridized carbons (Fsp3) is 0. The Labute approximate surface area is 173 Å². The largest absolute Gasteiger partial charge is 0.143 e. The molecule has 0 fully saturated rings. The molecule has 0 saturated carbocycles. The Kier molecular flexibility index (Phi) is 5.22. The lowest BCUT2D eigenvalue weighted by Crippen LogP contribution is -1.63. The minimum Gasteiger partial charge on any atom is -0.143 e. The van der Waals surface area contributed by atoms with Crippen LogP contribution >= 0.6 is 77.2 Å². The van der Waals surface area contributed by atoms with Gasteiger partial charge in [0.05, 0.1) is 7.57 Å². The first kappa shape index (κ1) is 16.9. The van der Waals surface area contributed by atoms with Crippen LogP contribution < -0.4 is 0 Å². The summed E-state index contributed by atoms with van der Waals surface area (Å²) in [5.74, 6) is 0. The van der Waals surface area contributed by atoms with E-state index in [0.717, 1.165) is 7.57 Å². The number of halogens is 2. The van der Waals surface area contributed by atoms with Crippen molar-refractivity contribution < 1.29 is 0 Å². The number of rotatable bonds is 4. The molecular formula is C18H10Br2S4. The van der Waals surface area contributed by atoms with E-state index in [-0.39, 0.29) is 0 Å². The second kappa shape index (κ2) is 7.40. The Morgan fingerprint density at radius 2 is 1.50 bits per heavy atom. The van der Waals surface area contributed by atoms with Gasteiger partial charge in [-0.05, 0) is 79.7 Å². The van der Waals surface area contributed by atoms with E-state index >= 15 is 0 Å². The zero-order valence-electron chi connectivity index (χ0n) is 12.2. The van der Waals surface area contributed by atoms with Crippen molar-refractivity contribution in [2.45, 2.75) is 0 Å². The fourth-order valence-corrected chi connectivity index (χ4v) is 7.83. The Bertz CT molecular complexity index is 986. The molecule has 0 atom stereocenters. The minimum atomic E-state index is 1.14. The molecule has 0 amide bonds. The summed E-state index contributed by atoms with van der Waals surface area (Å²) in [5.41, 5.74) is 1.21. The van der Waals surface area contributed by atoms with Crippen molar-refractivity contribution in [3.05, 3.63) is 65.9 Å². The van der Waals surface area contributed by atoms with E-state index in [1.54, 1.807) is 22.7 Å². The van der Waals surface area contributed by atoms with Gasteiger partial charge >= 0.3 is 0 Å². The van der Waals surface area contributed by atoms with E-state index in [0.29, 0.717) is 0 Å². The first-order chi connectivity index (χ1) is 11.7. The van der Waals surface area contributed by atoms with Crippen molar-refractivity contribution >= 4 is 89.4 Å². The van der Waals surface area contributed by atoms with Crippen molar-refractivity contribution in [2.24, 2.45) is 0 Å². The topological polar surface area (TPSA) is 0 Å². The lowest BCUT2D eigenvalue weighted by atomic mass is 10.3. The minimum absolute atomic E-state index is 1.14. The van der Waals surface area contributed by atoms with Crippen molar-refractivity contribution in [1.82, 2.24) is 0 Å². The Hall–Kier alpha value is -0.500. The van der Waals surface area contributed by atoms with Gasteiger partial charge in [-0.3, -0.25) is 0 Å². The molecule has 0 aliphatic carbocycles. The van der Waals surface area contributed by atoms with Crippen molar-refractivity contribution in [3.63, 3.8) is 0 Å². The highest BCUT2D eigenvalue weighted by Gasteiger charge is 2.08. The molecule has 0 N–H and O–H groups in total. The van der Waals surface area contributed by atoms with Gasteiger partial charge in [0, 0.05) is 29.9 Å². The summed E-state index contributed by atoms with van der Waals surface area (Å²) in [6, 6.07) is 15.3. The van der Waals surface area contributed by atoms with Gasteiger partial charge in [-0.15, -0.1) is 45.3 Å². The molecular weight excluding hydrogens is 504 g/mol. The van der Waals surface area contributed by atoms with E-state index in [9.17, 15) is 0 Å². The second-order valence-electron chi connectivity index (χ2n) is 4.96. The first-order valence-corrected chi connectivity index (χ1v) is 12.0. The highest BCUT2D eigenvalue weighted by molar-refractivity contribution is 9.12. The highest BCUT2D eigenvalue weighted by atomic mass is 79.9. The van der Waals surface area contributed by atoms with Gasteiger partial charge in [-0.25, -0.2) is 0 Å². The smallest absolute Gasteiger partial charge is 0.0782 e. The Morgan fingerprint density at radius 1 is 0.750 bits per heavy atom. The van der Waals surface area contributed by atoms with Crippen LogP contribution in [0.4, 0.5) is 0 Å². The maximum Gasteiger partial charge on any atom is 0.0782 e. The molecule has 120 valence electrons. The zero-order chi connectivity index (χ0) is 16.5. The van der Waals surface area contributed by atoms with Crippen LogP contribution in [0.1, 0.15) is 10.4 Å². The third kappa shape index (κ3) is 3.69. The average Bonchev–Trinajstić information content (AvgIpc) is 3.33. The average molecular weight is 514 g/mol. The summed E-state index contributed by atoms with van der Waals surface area (Å²) in [6.07, 6.45) is 4.34. The third-order valence-corrected chi connectivity index (χ3v) is 9.13. The van der Waals surface area contributed by atoms with Gasteiger partial charge in [-0.2, -0.15) is 0 Å². The van der Waals surface area contributed by atoms with Crippen LogP contribution in [0.3, 0.4) is 0 Å². The van der Waals surface area contributed by atoms with Crippen LogP contribution in [0, 0.1) is 0 Å². The van der Waals surface area contributed by atoms with E-state index in [1.807, 2.05) is 22.7 Å². The van der Waals surface area contributed by atoms with Crippen LogP contribution in [0.2, 0.25) is 0 Å². The molecule has 0 radical (unpaired) electrons. The highest BCUT2D eigenvalue weighted by Crippen LogP contribution is 2.39. The molecule has 4 heterocycles. The van der Waals surface area contributed by atoms with E-state index in [4.69, 9.17) is 0 Å². The monoisotopic (exact) mass is 512 g/mol. The molecule has 0 aliphatic rings. The lowest BCUT2D eigenvalue weighted by Gasteiger charge is -1.91. The summed E-state index contributed by atoms with van der Waals surface area (Å²) >= 11 is 14.3. The summed E-state index contributed by atoms with van der Waals surface area (Å²) in [5, 5.41) is 2.13. The van der Waals surface area contributed by atoms with Crippen molar-refractivity contribution in [2.75, 3.05) is 0 Å². The van der Waals surface area contributed by atoms with Crippen LogP contribution in [-0.2, 0) is 0 Å². The standard InChI is InChI=1S/C18H10Br2S4/c19-17-10-11(18(20)24-17)3-4-12-5-6-15(22-12)16-8-7-14(23-16)13-2-1-9-21-13/h1-10H. The van der Waals surface area contributed by atoms with Crippen LogP contribution in [0.25, 0.3) is 31.7 Å². The van der Waals surface area contributed by atoms with E-state index < -0.39 is 0 Å². The van der Waals surface area contributed by atoms with E-state index in [1.165, 1.54) is 29.9 Å². The van der Waals surface area contributed by atoms with Gasteiger partial charge in [0.2, 0.25) is 0 Å². The quantitative estimate of drug-likeness (QED) is 0.255. The molecule has 4 aromatic rings. The zero-order valence-corrected chi connectivity index (χ0v) is 18.6. The molecule has 0 spiro atoms. The summed E-state index contributed by atoms with van der Waals surface area (Å²) in [6.45, 7) is 0. The molecule has 0 unspecified atom stereocenters. The summed E-state index contributed by atoms with van der Waals surface area (Å²) in [7, 11) is 0. The molecule has 0 aromatic carbocycles. The van der Waals surface area contributed by atoms with Gasteiger partial charge in [-0.1, -0.05) is 12.1 Å². The van der Waals surface area contributed by atoms with E-state index in [2.05, 4.69) is 91.9 Å². The predicted octanol–water partition coefficient (Wildman–Crippen LogP) is 8.96. The molecule has 0 bridgehead atoms. The summed E-state index contributed by atoms with van der Waals surface area (Å²) in [4.78, 5) is 6.62. The van der Waals surface area contributed by atoms with Crippen molar-refractivity contribution in [1.29, 1.82) is 0 Å². The van der Waals surface area contributed by atoms with Gasteiger partial charge < -0.3 is 0 Å². The lowest BCUT2D eigenvalue weighted by molar-refractivity contribution is 1.82. The molecule has 6 heteroatoms. The van der Waals surface area contributed by atoms with Crippen LogP contribution in [-0.4, -0.2) is 0 Å². The molecule has 0 aliphatic heterocycles. The molecule has 4 rings (SSSR count). The predicted molar refractivity (Wildman–Crippen MR) is 120 cm³/mol. The van der Waals surface area contributed by atoms with Crippen LogP contribution in [0.15, 0.2) is 55.4 Å². The normalized spacial score (nSPS) is 11.6. The van der Waals surface area contributed by atoms with Gasteiger partial charge in [0.1, 0.15) is 0 Å². The number of hydrogen-bond acceptors (Lipinski definition) is 4. The first-order valence-electron chi connectivity index (χ1n) is 7.06. The Morgan fingerprint density at radius 3 is 2.21 bits per heavy atom. The molecule has 24 heavy (non-hydrogen) atoms. The third-order valence-electron chi connectivity index (χ3n) is 3.35. The van der Waals surface area contributed by atoms with Crippen LogP contribution in [0.5, 0.6) is 0 Å². The fourth-order valence-electron chi connectivity index (χ4n) is 2.23. The van der Waals surface area contributed by atoms with Gasteiger partial charge in [0.15, 0.2) is 0 Å². The van der Waals surface area contributed by atoms with Crippen molar-refractivity contribution in [3.8, 4) is 19.5 Å². The molecule has 4 aromatic heterocycles. The summed E-state index contributed by atoms with van der Waals surface area (Å²) < 4.78 is 2.29. The maximum absolute atomic E-state index is 3.60. The molecule has 0 nitrogen and oxygen atoms in total. The maximum atomic E-state index is 3.60. The molecule has 0 saturated heterocycles.